The van der Waals surface area contributed by atoms with Crippen LogP contribution < -0.4 is 5.56 Å². The van der Waals surface area contributed by atoms with Gasteiger partial charge in [0.05, 0.1) is 6.21 Å². The molecule has 21 heavy (non-hydrogen) atoms. The predicted molar refractivity (Wildman–Crippen MR) is 83.8 cm³/mol. The van der Waals surface area contributed by atoms with E-state index in [1.54, 1.807) is 26.1 Å². The summed E-state index contributed by atoms with van der Waals surface area (Å²) in [5.41, 5.74) is 4.37. The summed E-state index contributed by atoms with van der Waals surface area (Å²) in [6.45, 7) is 7.58. The second-order valence-corrected chi connectivity index (χ2v) is 5.18. The minimum atomic E-state index is -0.379. The zero-order valence-electron chi connectivity index (χ0n) is 12.6. The third kappa shape index (κ3) is 2.92. The number of aromatic nitrogens is 1. The van der Waals surface area contributed by atoms with Crippen molar-refractivity contribution in [1.82, 2.24) is 4.68 Å². The number of rotatable bonds is 2. The number of nitrogens with zero attached hydrogens (tertiary/aromatic N) is 3. The van der Waals surface area contributed by atoms with Crippen LogP contribution in [0.25, 0.3) is 0 Å². The summed E-state index contributed by atoms with van der Waals surface area (Å²) in [6.07, 6.45) is 1.65. The van der Waals surface area contributed by atoms with Crippen molar-refractivity contribution in [3.63, 3.8) is 0 Å². The summed E-state index contributed by atoms with van der Waals surface area (Å²) in [5, 5.41) is 13.3. The lowest BCUT2D eigenvalue weighted by Crippen LogP contribution is -2.22. The molecule has 4 nitrogen and oxygen atoms in total. The van der Waals surface area contributed by atoms with Crippen molar-refractivity contribution < 1.29 is 0 Å². The van der Waals surface area contributed by atoms with Gasteiger partial charge in [-0.3, -0.25) is 4.79 Å². The van der Waals surface area contributed by atoms with Gasteiger partial charge in [0.15, 0.2) is 0 Å². The molecule has 0 bridgehead atoms. The van der Waals surface area contributed by atoms with E-state index in [2.05, 4.69) is 11.2 Å². The summed E-state index contributed by atoms with van der Waals surface area (Å²) < 4.78 is 1.27. The van der Waals surface area contributed by atoms with E-state index >= 15 is 0 Å². The Kier molecular flexibility index (Phi) is 4.04. The predicted octanol–water partition coefficient (Wildman–Crippen LogP) is 2.84. The van der Waals surface area contributed by atoms with E-state index in [-0.39, 0.29) is 11.1 Å². The molecule has 1 aromatic carbocycles. The van der Waals surface area contributed by atoms with Gasteiger partial charge in [-0.05, 0) is 50.5 Å². The average molecular weight is 279 g/mol. The van der Waals surface area contributed by atoms with Gasteiger partial charge in [-0.1, -0.05) is 23.8 Å². The maximum atomic E-state index is 12.2. The molecule has 0 aliphatic carbocycles. The van der Waals surface area contributed by atoms with Crippen LogP contribution in [0.3, 0.4) is 0 Å². The summed E-state index contributed by atoms with van der Waals surface area (Å²) in [4.78, 5) is 12.2. The first kappa shape index (κ1) is 14.7. The molecule has 2 aromatic rings. The molecule has 0 unspecified atom stereocenters. The highest BCUT2D eigenvalue weighted by molar-refractivity contribution is 5.81. The molecule has 0 amide bonds. The minimum Gasteiger partial charge on any atom is -0.266 e. The van der Waals surface area contributed by atoms with E-state index in [0.29, 0.717) is 11.3 Å². The second kappa shape index (κ2) is 5.76. The van der Waals surface area contributed by atoms with Crippen LogP contribution >= 0.6 is 0 Å². The van der Waals surface area contributed by atoms with Gasteiger partial charge in [-0.2, -0.15) is 10.4 Å². The molecule has 0 radical (unpaired) electrons. The number of hydrogen-bond donors (Lipinski definition) is 0. The van der Waals surface area contributed by atoms with Gasteiger partial charge in [0, 0.05) is 5.69 Å². The lowest BCUT2D eigenvalue weighted by molar-refractivity contribution is 0.786. The lowest BCUT2D eigenvalue weighted by Gasteiger charge is -2.07. The molecule has 0 saturated carbocycles. The number of pyridine rings is 1. The topological polar surface area (TPSA) is 58.1 Å². The Hall–Kier alpha value is -2.67. The Morgan fingerprint density at radius 1 is 1.14 bits per heavy atom. The van der Waals surface area contributed by atoms with Crippen LogP contribution in [0, 0.1) is 39.0 Å². The Morgan fingerprint density at radius 2 is 1.86 bits per heavy atom. The Bertz CT molecular complexity index is 823. The average Bonchev–Trinajstić information content (AvgIpc) is 2.40. The van der Waals surface area contributed by atoms with Crippen LogP contribution in [0.4, 0.5) is 0 Å². The second-order valence-electron chi connectivity index (χ2n) is 5.18. The quantitative estimate of drug-likeness (QED) is 0.794. The molecule has 0 spiro atoms. The van der Waals surface area contributed by atoms with E-state index in [4.69, 9.17) is 5.26 Å². The number of hydrogen-bond acceptors (Lipinski definition) is 3. The smallest absolute Gasteiger partial charge is 0.266 e. The third-order valence-corrected chi connectivity index (χ3v) is 3.41. The van der Waals surface area contributed by atoms with Crippen molar-refractivity contribution in [2.24, 2.45) is 5.10 Å². The van der Waals surface area contributed by atoms with Gasteiger partial charge in [0.1, 0.15) is 11.6 Å². The summed E-state index contributed by atoms with van der Waals surface area (Å²) in [7, 11) is 0. The van der Waals surface area contributed by atoms with Crippen LogP contribution in [-0.2, 0) is 0 Å². The molecular weight excluding hydrogens is 262 g/mol. The zero-order valence-corrected chi connectivity index (χ0v) is 12.6. The van der Waals surface area contributed by atoms with Gasteiger partial charge in [0.25, 0.3) is 5.56 Å². The Balaban J connectivity index is 2.52. The van der Waals surface area contributed by atoms with Crippen molar-refractivity contribution in [3.05, 3.63) is 68.1 Å². The van der Waals surface area contributed by atoms with Gasteiger partial charge in [-0.15, -0.1) is 0 Å². The molecule has 0 saturated heterocycles. The fourth-order valence-electron chi connectivity index (χ4n) is 2.25. The zero-order chi connectivity index (χ0) is 15.6. The highest BCUT2D eigenvalue weighted by Gasteiger charge is 2.09. The first-order valence-electron chi connectivity index (χ1n) is 6.69. The first-order valence-corrected chi connectivity index (χ1v) is 6.69. The van der Waals surface area contributed by atoms with Crippen molar-refractivity contribution in [2.75, 3.05) is 0 Å². The lowest BCUT2D eigenvalue weighted by atomic mass is 10.1. The number of benzene rings is 1. The molecule has 4 heteroatoms. The van der Waals surface area contributed by atoms with E-state index in [1.165, 1.54) is 10.2 Å². The van der Waals surface area contributed by atoms with E-state index in [9.17, 15) is 4.79 Å². The maximum absolute atomic E-state index is 12.2. The van der Waals surface area contributed by atoms with Crippen LogP contribution in [0.2, 0.25) is 0 Å². The highest BCUT2D eigenvalue weighted by Crippen LogP contribution is 2.09. The van der Waals surface area contributed by atoms with E-state index in [0.717, 1.165) is 11.1 Å². The van der Waals surface area contributed by atoms with Crippen LogP contribution in [0.5, 0.6) is 0 Å². The molecular formula is C17H17N3O. The summed E-state index contributed by atoms with van der Waals surface area (Å²) >= 11 is 0. The van der Waals surface area contributed by atoms with E-state index in [1.807, 2.05) is 32.0 Å². The standard InChI is InChI=1S/C17H17N3O/c1-11-5-6-15(12(2)7-11)10-19-20-14(4)8-13(3)16(9-18)17(20)21/h5-8,10H,1-4H3/b19-10+. The van der Waals surface area contributed by atoms with Gasteiger partial charge >= 0.3 is 0 Å². The highest BCUT2D eigenvalue weighted by atomic mass is 16.1. The van der Waals surface area contributed by atoms with Crippen molar-refractivity contribution in [1.29, 1.82) is 5.26 Å². The largest absolute Gasteiger partial charge is 0.289 e. The number of nitriles is 1. The Morgan fingerprint density at radius 3 is 2.48 bits per heavy atom. The monoisotopic (exact) mass is 279 g/mol. The van der Waals surface area contributed by atoms with Gasteiger partial charge in [0.2, 0.25) is 0 Å². The maximum Gasteiger partial charge on any atom is 0.289 e. The van der Waals surface area contributed by atoms with E-state index < -0.39 is 0 Å². The summed E-state index contributed by atoms with van der Waals surface area (Å²) in [6, 6.07) is 9.76. The summed E-state index contributed by atoms with van der Waals surface area (Å²) in [5.74, 6) is 0. The fourth-order valence-corrected chi connectivity index (χ4v) is 2.25. The molecule has 0 N–H and O–H groups in total. The van der Waals surface area contributed by atoms with Gasteiger partial charge in [-0.25, -0.2) is 4.68 Å². The van der Waals surface area contributed by atoms with Crippen LogP contribution in [-0.4, -0.2) is 10.9 Å². The number of aryl methyl sites for hydroxylation is 4. The Labute approximate surface area is 124 Å². The molecule has 0 fully saturated rings. The van der Waals surface area contributed by atoms with Gasteiger partial charge < -0.3 is 0 Å². The minimum absolute atomic E-state index is 0.137. The normalized spacial score (nSPS) is 10.8. The third-order valence-electron chi connectivity index (χ3n) is 3.41. The van der Waals surface area contributed by atoms with Crippen molar-refractivity contribution in [2.45, 2.75) is 27.7 Å². The molecule has 0 aliphatic heterocycles. The van der Waals surface area contributed by atoms with Crippen molar-refractivity contribution >= 4 is 6.21 Å². The van der Waals surface area contributed by atoms with Crippen LogP contribution in [0.1, 0.15) is 33.5 Å². The van der Waals surface area contributed by atoms with Crippen molar-refractivity contribution in [3.8, 4) is 6.07 Å². The first-order chi connectivity index (χ1) is 9.93. The molecule has 2 rings (SSSR count). The fraction of sp³-hybridized carbons (Fsp3) is 0.235. The molecule has 106 valence electrons. The SMILES string of the molecule is Cc1ccc(/C=N/n2c(C)cc(C)c(C#N)c2=O)c(C)c1. The molecule has 1 aromatic heterocycles. The molecule has 1 heterocycles. The molecule has 0 atom stereocenters. The van der Waals surface area contributed by atoms with Crippen LogP contribution in [0.15, 0.2) is 34.2 Å². The molecule has 0 aliphatic rings.